The average Bonchev–Trinajstić information content (AvgIpc) is 3.42. The van der Waals surface area contributed by atoms with Crippen molar-refractivity contribution in [2.75, 3.05) is 0 Å². The van der Waals surface area contributed by atoms with E-state index in [1.165, 1.54) is 37.3 Å². The van der Waals surface area contributed by atoms with Gasteiger partial charge in [-0.05, 0) is 64.1 Å². The summed E-state index contributed by atoms with van der Waals surface area (Å²) in [5.74, 6) is 2.40. The van der Waals surface area contributed by atoms with Crippen LogP contribution in [0.3, 0.4) is 0 Å². The predicted molar refractivity (Wildman–Crippen MR) is 183 cm³/mol. The quantitative estimate of drug-likeness (QED) is 0.127. The Morgan fingerprint density at radius 1 is 0.955 bits per heavy atom. The van der Waals surface area contributed by atoms with Gasteiger partial charge in [-0.2, -0.15) is 0 Å². The largest absolute Gasteiger partial charge is 0.512 e. The van der Waals surface area contributed by atoms with Gasteiger partial charge in [0, 0.05) is 44.2 Å². The Balaban J connectivity index is 0.000000332. The zero-order valence-corrected chi connectivity index (χ0v) is 31.1. The number of fused-ring (bicyclic) bond motifs is 1. The van der Waals surface area contributed by atoms with Gasteiger partial charge >= 0.3 is 0 Å². The summed E-state index contributed by atoms with van der Waals surface area (Å²) in [5.41, 5.74) is 5.17. The molecule has 0 aliphatic heterocycles. The van der Waals surface area contributed by atoms with E-state index in [0.29, 0.717) is 23.7 Å². The van der Waals surface area contributed by atoms with Crippen molar-refractivity contribution in [1.29, 1.82) is 0 Å². The third-order valence-corrected chi connectivity index (χ3v) is 8.93. The molecule has 3 aromatic rings. The number of nitrogens with zero attached hydrogens (tertiary/aromatic N) is 1. The van der Waals surface area contributed by atoms with Crippen molar-refractivity contribution in [3.63, 3.8) is 0 Å². The van der Waals surface area contributed by atoms with Crippen LogP contribution in [0.2, 0.25) is 0 Å². The fourth-order valence-corrected chi connectivity index (χ4v) is 7.23. The van der Waals surface area contributed by atoms with Crippen molar-refractivity contribution in [2.24, 2.45) is 41.4 Å². The monoisotopic (exact) mass is 777 g/mol. The van der Waals surface area contributed by atoms with Gasteiger partial charge in [0.15, 0.2) is 5.78 Å². The Morgan fingerprint density at radius 3 is 2.09 bits per heavy atom. The third-order valence-electron chi connectivity index (χ3n) is 8.93. The Labute approximate surface area is 284 Å². The number of hydrogen-bond donors (Lipinski definition) is 1. The van der Waals surface area contributed by atoms with Crippen LogP contribution in [0.4, 0.5) is 0 Å². The van der Waals surface area contributed by atoms with Crippen LogP contribution in [0.25, 0.3) is 22.0 Å². The van der Waals surface area contributed by atoms with Gasteiger partial charge in [-0.3, -0.25) is 4.79 Å². The summed E-state index contributed by atoms with van der Waals surface area (Å²) < 4.78 is 16.5. The Morgan fingerprint density at radius 2 is 1.55 bits per heavy atom. The number of rotatable bonds is 10. The number of hydrogen-bond acceptors (Lipinski definition) is 3. The van der Waals surface area contributed by atoms with E-state index in [1.807, 2.05) is 6.92 Å². The standard InChI is InChI=1S/C23H24N.C17H32O2.Ir/c1-16-11-17(2)13-21(12-16)23-22-8-7-19(14-18-5-3-4-6-18)15-20(22)9-10-24-23;1-10(2)16(11(3)4)14(18)9-15(19)17(12(5)6)13(7)8;/h7-12,15,18H,3-6,14H2,1-2H3;9-13,16-18H,1-8H3;/q-1;;/b;14-9-;/i9D,10D;;. The van der Waals surface area contributed by atoms with Crippen LogP contribution >= 0.6 is 0 Å². The number of aliphatic hydroxyl groups excluding tert-OH is 1. The third kappa shape index (κ3) is 10.4. The van der Waals surface area contributed by atoms with Gasteiger partial charge in [0.05, 0.1) is 8.50 Å². The molecule has 1 aliphatic rings. The van der Waals surface area contributed by atoms with Gasteiger partial charge in [0.25, 0.3) is 0 Å². The summed E-state index contributed by atoms with van der Waals surface area (Å²) >= 11 is 0. The molecule has 0 atom stereocenters. The van der Waals surface area contributed by atoms with E-state index < -0.39 is 0 Å². The van der Waals surface area contributed by atoms with Crippen molar-refractivity contribution in [1.82, 2.24) is 4.98 Å². The van der Waals surface area contributed by atoms with Gasteiger partial charge in [0.1, 0.15) is 0 Å². The van der Waals surface area contributed by atoms with Crippen molar-refractivity contribution in [2.45, 2.75) is 101 Å². The van der Waals surface area contributed by atoms with Gasteiger partial charge in [-0.25, -0.2) is 0 Å². The van der Waals surface area contributed by atoms with E-state index in [2.05, 4.69) is 104 Å². The van der Waals surface area contributed by atoms with Gasteiger partial charge in [-0.1, -0.05) is 113 Å². The zero-order valence-electron chi connectivity index (χ0n) is 30.7. The number of ketones is 1. The van der Waals surface area contributed by atoms with Crippen LogP contribution in [0, 0.1) is 61.3 Å². The molecular weight excluding hydrogens is 719 g/mol. The van der Waals surface area contributed by atoms with Crippen LogP contribution in [-0.4, -0.2) is 15.9 Å². The summed E-state index contributed by atoms with van der Waals surface area (Å²) in [6, 6.07) is 14.1. The summed E-state index contributed by atoms with van der Waals surface area (Å²) in [5, 5.41) is 12.1. The molecule has 0 amide bonds. The van der Waals surface area contributed by atoms with Crippen LogP contribution in [0.15, 0.2) is 54.4 Å². The van der Waals surface area contributed by atoms with E-state index in [-0.39, 0.29) is 55.7 Å². The first-order chi connectivity index (χ1) is 21.1. The minimum atomic E-state index is -0.0119. The maximum absolute atomic E-state index is 12.3. The average molecular weight is 777 g/mol. The van der Waals surface area contributed by atoms with E-state index in [1.54, 1.807) is 0 Å². The Kier molecular flexibility index (Phi) is 13.7. The van der Waals surface area contributed by atoms with Crippen LogP contribution in [0.1, 0.15) is 101 Å². The fraction of sp³-hybridized carbons (Fsp3) is 0.550. The number of pyridine rings is 1. The number of carbonyl (C=O) groups is 1. The van der Waals surface area contributed by atoms with Crippen LogP contribution in [0.5, 0.6) is 0 Å². The second-order valence-electron chi connectivity index (χ2n) is 14.2. The summed E-state index contributed by atoms with van der Waals surface area (Å²) in [6.07, 6.45) is 7.91. The molecule has 1 N–H and O–H groups in total. The predicted octanol–water partition coefficient (Wildman–Crippen LogP) is 10.9. The van der Waals surface area contributed by atoms with Crippen molar-refractivity contribution < 1.29 is 32.7 Å². The molecule has 1 radical (unpaired) electrons. The molecule has 3 nitrogen and oxygen atoms in total. The SMILES string of the molecule is CC(C)C(C(=O)/C=C(\O)C(C(C)C)C(C)C)C(C)C.[2H]c1nc(-c2[c-]c(C)cc(C)c2)c2ccc(CC3CCCC3)cc2c1[2H].[Ir]. The molecule has 0 bridgehead atoms. The molecule has 1 saturated carbocycles. The number of allylic oxidation sites excluding steroid dienone is 2. The maximum Gasteiger partial charge on any atom is 0.162 e. The molecule has 0 spiro atoms. The number of carbonyl (C=O) groups excluding carboxylic acids is 1. The Hall–Kier alpha value is -2.29. The summed E-state index contributed by atoms with van der Waals surface area (Å²) in [6.45, 7) is 20.7. The number of aromatic nitrogens is 1. The first kappa shape index (κ1) is 34.6. The molecule has 4 heteroatoms. The topological polar surface area (TPSA) is 50.2 Å². The van der Waals surface area contributed by atoms with Gasteiger partial charge in [-0.15, -0.1) is 34.9 Å². The molecule has 0 saturated heterocycles. The molecule has 1 aliphatic carbocycles. The van der Waals surface area contributed by atoms with Crippen LogP contribution in [-0.2, 0) is 31.3 Å². The van der Waals surface area contributed by atoms with Crippen molar-refractivity contribution in [3.8, 4) is 11.3 Å². The normalized spacial score (nSPS) is 14.9. The summed E-state index contributed by atoms with van der Waals surface area (Å²) in [7, 11) is 0. The van der Waals surface area contributed by atoms with E-state index in [9.17, 15) is 9.90 Å². The van der Waals surface area contributed by atoms with E-state index in [0.717, 1.165) is 45.5 Å². The Bertz CT molecular complexity index is 1450. The molecule has 1 fully saturated rings. The molecule has 44 heavy (non-hydrogen) atoms. The second kappa shape index (κ2) is 17.4. The zero-order chi connectivity index (χ0) is 33.6. The van der Waals surface area contributed by atoms with E-state index >= 15 is 0 Å². The number of benzene rings is 2. The summed E-state index contributed by atoms with van der Waals surface area (Å²) in [4.78, 5) is 16.8. The number of aryl methyl sites for hydroxylation is 2. The van der Waals surface area contributed by atoms with E-state index in [4.69, 9.17) is 2.74 Å². The molecule has 2 aromatic carbocycles. The molecule has 243 valence electrons. The van der Waals surface area contributed by atoms with Gasteiger partial charge in [0.2, 0.25) is 0 Å². The minimum absolute atomic E-state index is 0. The van der Waals surface area contributed by atoms with Crippen molar-refractivity contribution in [3.05, 3.63) is 77.1 Å². The number of aliphatic hydroxyl groups is 1. The first-order valence-corrected chi connectivity index (χ1v) is 16.5. The molecule has 4 rings (SSSR count). The molecular formula is C40H56IrNO2-. The minimum Gasteiger partial charge on any atom is -0.512 e. The maximum atomic E-state index is 12.3. The van der Waals surface area contributed by atoms with Gasteiger partial charge < -0.3 is 10.1 Å². The smallest absolute Gasteiger partial charge is 0.162 e. The van der Waals surface area contributed by atoms with Crippen LogP contribution < -0.4 is 0 Å². The second-order valence-corrected chi connectivity index (χ2v) is 14.2. The molecule has 0 unspecified atom stereocenters. The van der Waals surface area contributed by atoms with Crippen molar-refractivity contribution >= 4 is 16.6 Å². The first-order valence-electron chi connectivity index (χ1n) is 17.5. The molecule has 1 heterocycles. The molecule has 1 aromatic heterocycles. The fourth-order valence-electron chi connectivity index (χ4n) is 7.23.